The Bertz CT molecular complexity index is 1310. The van der Waals surface area contributed by atoms with E-state index < -0.39 is 12.0 Å². The van der Waals surface area contributed by atoms with E-state index in [1.807, 2.05) is 43.3 Å². The van der Waals surface area contributed by atoms with E-state index in [0.717, 1.165) is 29.5 Å². The first kappa shape index (κ1) is 26.7. The van der Waals surface area contributed by atoms with Crippen LogP contribution in [0.15, 0.2) is 78.9 Å². The molecule has 1 atom stereocenters. The van der Waals surface area contributed by atoms with Gasteiger partial charge in [-0.25, -0.2) is 4.79 Å². The highest BCUT2D eigenvalue weighted by atomic mass is 16.4. The van der Waals surface area contributed by atoms with Crippen LogP contribution < -0.4 is 16.0 Å². The summed E-state index contributed by atoms with van der Waals surface area (Å²) in [4.78, 5) is 36.1. The summed E-state index contributed by atoms with van der Waals surface area (Å²) in [6.07, 6.45) is 6.79. The largest absolute Gasteiger partial charge is 0.481 e. The molecule has 0 saturated heterocycles. The van der Waals surface area contributed by atoms with Crippen LogP contribution in [0.1, 0.15) is 70.8 Å². The first-order valence-electron chi connectivity index (χ1n) is 12.9. The van der Waals surface area contributed by atoms with Crippen LogP contribution in [0.25, 0.3) is 5.57 Å². The number of benzene rings is 3. The average Bonchev–Trinajstić information content (AvgIpc) is 2.92. The van der Waals surface area contributed by atoms with Gasteiger partial charge in [-0.05, 0) is 84.7 Å². The molecule has 0 spiro atoms. The zero-order valence-corrected chi connectivity index (χ0v) is 21.5. The van der Waals surface area contributed by atoms with E-state index in [4.69, 9.17) is 5.11 Å². The molecular weight excluding hydrogens is 478 g/mol. The number of hydrogen-bond acceptors (Lipinski definition) is 3. The molecule has 4 N–H and O–H groups in total. The number of aryl methyl sites for hydroxylation is 1. The summed E-state index contributed by atoms with van der Waals surface area (Å²) < 4.78 is 0. The second kappa shape index (κ2) is 12.7. The number of carbonyl (C=O) groups is 3. The highest BCUT2D eigenvalue weighted by molar-refractivity contribution is 5.94. The van der Waals surface area contributed by atoms with Crippen LogP contribution in [0.3, 0.4) is 0 Å². The molecule has 1 unspecified atom stereocenters. The summed E-state index contributed by atoms with van der Waals surface area (Å²) in [5.74, 6) is -1.31. The Hall–Kier alpha value is -4.39. The Labute approximate surface area is 223 Å². The fraction of sp³-hybridized carbons (Fsp3) is 0.258. The maximum Gasteiger partial charge on any atom is 0.319 e. The van der Waals surface area contributed by atoms with Gasteiger partial charge in [0.25, 0.3) is 5.91 Å². The van der Waals surface area contributed by atoms with Crippen LogP contribution >= 0.6 is 0 Å². The SMILES string of the molecule is Cc1cccc(NC(=O)NC(c2ccc(C(=O)NCCC(=O)O)cc2)c2ccc(C3=CCCCC3)cc2)c1. The van der Waals surface area contributed by atoms with Crippen molar-refractivity contribution in [2.45, 2.75) is 45.1 Å². The number of nitrogens with one attached hydrogen (secondary N) is 3. The number of urea groups is 1. The molecule has 1 aliphatic carbocycles. The number of carboxylic acids is 1. The molecule has 196 valence electrons. The minimum absolute atomic E-state index is 0.0576. The zero-order valence-electron chi connectivity index (χ0n) is 21.5. The van der Waals surface area contributed by atoms with Gasteiger partial charge in [0.2, 0.25) is 0 Å². The summed E-state index contributed by atoms with van der Waals surface area (Å²) in [6, 6.07) is 22.1. The molecule has 0 aromatic heterocycles. The summed E-state index contributed by atoms with van der Waals surface area (Å²) in [5.41, 5.74) is 6.46. The van der Waals surface area contributed by atoms with Crippen LogP contribution in [0.4, 0.5) is 10.5 Å². The predicted octanol–water partition coefficient (Wildman–Crippen LogP) is 6.07. The molecule has 0 fully saturated rings. The highest BCUT2D eigenvalue weighted by Gasteiger charge is 2.19. The topological polar surface area (TPSA) is 108 Å². The van der Waals surface area contributed by atoms with Gasteiger partial charge in [-0.1, -0.05) is 54.6 Å². The average molecular weight is 512 g/mol. The van der Waals surface area contributed by atoms with Crippen molar-refractivity contribution in [3.05, 3.63) is 107 Å². The Morgan fingerprint density at radius 1 is 0.921 bits per heavy atom. The monoisotopic (exact) mass is 511 g/mol. The van der Waals surface area contributed by atoms with Gasteiger partial charge in [-0.3, -0.25) is 9.59 Å². The van der Waals surface area contributed by atoms with E-state index in [2.05, 4.69) is 34.2 Å². The lowest BCUT2D eigenvalue weighted by atomic mass is 9.91. The Kier molecular flexibility index (Phi) is 8.93. The lowest BCUT2D eigenvalue weighted by molar-refractivity contribution is -0.136. The molecule has 0 saturated carbocycles. The zero-order chi connectivity index (χ0) is 26.9. The van der Waals surface area contributed by atoms with E-state index in [1.165, 1.54) is 24.0 Å². The summed E-state index contributed by atoms with van der Waals surface area (Å²) in [6.45, 7) is 2.02. The summed E-state index contributed by atoms with van der Waals surface area (Å²) >= 11 is 0. The van der Waals surface area contributed by atoms with Gasteiger partial charge in [0.1, 0.15) is 0 Å². The van der Waals surface area contributed by atoms with Crippen LogP contribution in [-0.4, -0.2) is 29.6 Å². The van der Waals surface area contributed by atoms with Crippen LogP contribution in [-0.2, 0) is 4.79 Å². The molecule has 38 heavy (non-hydrogen) atoms. The number of amides is 3. The first-order chi connectivity index (χ1) is 18.4. The smallest absolute Gasteiger partial charge is 0.319 e. The van der Waals surface area contributed by atoms with Gasteiger partial charge in [0, 0.05) is 17.8 Å². The normalized spacial score (nSPS) is 13.7. The van der Waals surface area contributed by atoms with E-state index in [-0.39, 0.29) is 24.9 Å². The van der Waals surface area contributed by atoms with Gasteiger partial charge < -0.3 is 21.1 Å². The lowest BCUT2D eigenvalue weighted by Crippen LogP contribution is -2.33. The maximum atomic E-state index is 13.0. The Morgan fingerprint density at radius 2 is 1.63 bits per heavy atom. The van der Waals surface area contributed by atoms with Crippen LogP contribution in [0.5, 0.6) is 0 Å². The van der Waals surface area contributed by atoms with Gasteiger partial charge in [-0.2, -0.15) is 0 Å². The molecule has 0 bridgehead atoms. The van der Waals surface area contributed by atoms with Crippen LogP contribution in [0.2, 0.25) is 0 Å². The summed E-state index contributed by atoms with van der Waals surface area (Å²) in [7, 11) is 0. The third kappa shape index (κ3) is 7.32. The Balaban J connectivity index is 1.55. The highest BCUT2D eigenvalue weighted by Crippen LogP contribution is 2.29. The molecule has 4 rings (SSSR count). The van der Waals surface area contributed by atoms with E-state index in [1.54, 1.807) is 24.3 Å². The molecule has 0 heterocycles. The number of carbonyl (C=O) groups excluding carboxylic acids is 2. The Morgan fingerprint density at radius 3 is 2.26 bits per heavy atom. The number of carboxylic acid groups (broad SMARTS) is 1. The summed E-state index contributed by atoms with van der Waals surface area (Å²) in [5, 5.41) is 17.4. The fourth-order valence-corrected chi connectivity index (χ4v) is 4.58. The first-order valence-corrected chi connectivity index (χ1v) is 12.9. The molecule has 7 nitrogen and oxygen atoms in total. The molecular formula is C31H33N3O4. The lowest BCUT2D eigenvalue weighted by Gasteiger charge is -2.21. The van der Waals surface area contributed by atoms with Crippen LogP contribution in [0, 0.1) is 6.92 Å². The molecule has 3 aromatic rings. The number of hydrogen-bond donors (Lipinski definition) is 4. The van der Waals surface area contributed by atoms with Crippen molar-refractivity contribution in [3.8, 4) is 0 Å². The molecule has 0 radical (unpaired) electrons. The fourth-order valence-electron chi connectivity index (χ4n) is 4.58. The molecule has 3 aromatic carbocycles. The van der Waals surface area contributed by atoms with Crippen molar-refractivity contribution >= 4 is 29.2 Å². The van der Waals surface area contributed by atoms with Crippen molar-refractivity contribution < 1.29 is 19.5 Å². The van der Waals surface area contributed by atoms with Crippen molar-refractivity contribution in [1.82, 2.24) is 10.6 Å². The third-order valence-electron chi connectivity index (χ3n) is 6.59. The number of rotatable bonds is 9. The van der Waals surface area contributed by atoms with Crippen molar-refractivity contribution in [3.63, 3.8) is 0 Å². The minimum atomic E-state index is -0.968. The van der Waals surface area contributed by atoms with Gasteiger partial charge in [0.15, 0.2) is 0 Å². The predicted molar refractivity (Wildman–Crippen MR) is 149 cm³/mol. The van der Waals surface area contributed by atoms with Gasteiger partial charge >= 0.3 is 12.0 Å². The number of anilines is 1. The van der Waals surface area contributed by atoms with Gasteiger partial charge in [0.05, 0.1) is 12.5 Å². The van der Waals surface area contributed by atoms with Gasteiger partial charge in [-0.15, -0.1) is 0 Å². The molecule has 3 amide bonds. The van der Waals surface area contributed by atoms with Crippen molar-refractivity contribution in [2.24, 2.45) is 0 Å². The van der Waals surface area contributed by atoms with E-state index in [9.17, 15) is 14.4 Å². The number of allylic oxidation sites excluding steroid dienone is 2. The standard InChI is InChI=1S/C31H33N3O4/c1-21-6-5-9-27(20-21)33-31(38)34-29(24-12-10-23(11-13-24)22-7-3-2-4-8-22)25-14-16-26(17-15-25)30(37)32-19-18-28(35)36/h5-7,9-17,20,29H,2-4,8,18-19H2,1H3,(H,32,37)(H,35,36)(H2,33,34,38). The second-order valence-corrected chi connectivity index (χ2v) is 9.52. The van der Waals surface area contributed by atoms with Crippen molar-refractivity contribution in [1.29, 1.82) is 0 Å². The number of aliphatic carboxylic acids is 1. The third-order valence-corrected chi connectivity index (χ3v) is 6.59. The molecule has 7 heteroatoms. The second-order valence-electron chi connectivity index (χ2n) is 9.52. The van der Waals surface area contributed by atoms with E-state index >= 15 is 0 Å². The quantitative estimate of drug-likeness (QED) is 0.280. The molecule has 1 aliphatic rings. The molecule has 0 aliphatic heterocycles. The maximum absolute atomic E-state index is 13.0. The minimum Gasteiger partial charge on any atom is -0.481 e. The van der Waals surface area contributed by atoms with E-state index in [0.29, 0.717) is 11.3 Å². The van der Waals surface area contributed by atoms with Crippen molar-refractivity contribution in [2.75, 3.05) is 11.9 Å².